The van der Waals surface area contributed by atoms with Gasteiger partial charge in [0.2, 0.25) is 0 Å². The van der Waals surface area contributed by atoms with E-state index in [9.17, 15) is 0 Å². The molecular weight excluding hydrogens is 262 g/mol. The second kappa shape index (κ2) is 8.37. The Balaban J connectivity index is 1.90. The molecular formula is C17H29N3O. The minimum absolute atomic E-state index is 0.332. The van der Waals surface area contributed by atoms with E-state index in [1.807, 2.05) is 12.1 Å². The molecule has 1 aromatic carbocycles. The van der Waals surface area contributed by atoms with Crippen molar-refractivity contribution in [2.75, 3.05) is 45.1 Å². The maximum absolute atomic E-state index is 5.94. The van der Waals surface area contributed by atoms with Gasteiger partial charge in [-0.05, 0) is 37.2 Å². The van der Waals surface area contributed by atoms with Gasteiger partial charge in [0.25, 0.3) is 0 Å². The molecule has 1 heterocycles. The number of rotatable bonds is 7. The molecule has 0 aliphatic carbocycles. The molecule has 0 saturated carbocycles. The van der Waals surface area contributed by atoms with E-state index in [0.29, 0.717) is 6.10 Å². The SMILES string of the molecule is CCCN(Cc1ccc(N)cc1)CC1CN(CC)CCO1. The number of ether oxygens (including phenoxy) is 1. The first-order valence-electron chi connectivity index (χ1n) is 8.12. The Morgan fingerprint density at radius 3 is 2.71 bits per heavy atom. The van der Waals surface area contributed by atoms with E-state index in [1.54, 1.807) is 0 Å². The molecule has 118 valence electrons. The Hall–Kier alpha value is -1.10. The van der Waals surface area contributed by atoms with Crippen LogP contribution in [0.5, 0.6) is 0 Å². The zero-order valence-corrected chi connectivity index (χ0v) is 13.4. The summed E-state index contributed by atoms with van der Waals surface area (Å²) in [7, 11) is 0. The molecule has 1 atom stereocenters. The van der Waals surface area contributed by atoms with Crippen LogP contribution in [0.1, 0.15) is 25.8 Å². The number of hydrogen-bond acceptors (Lipinski definition) is 4. The summed E-state index contributed by atoms with van der Waals surface area (Å²) in [5.74, 6) is 0. The molecule has 1 aliphatic heterocycles. The molecule has 0 spiro atoms. The number of hydrogen-bond donors (Lipinski definition) is 1. The monoisotopic (exact) mass is 291 g/mol. The van der Waals surface area contributed by atoms with Crippen LogP contribution in [0.2, 0.25) is 0 Å². The van der Waals surface area contributed by atoms with Gasteiger partial charge in [-0.1, -0.05) is 26.0 Å². The van der Waals surface area contributed by atoms with Crippen molar-refractivity contribution in [3.8, 4) is 0 Å². The molecule has 2 rings (SSSR count). The fraction of sp³-hybridized carbons (Fsp3) is 0.647. The number of nitrogen functional groups attached to an aromatic ring is 1. The van der Waals surface area contributed by atoms with Crippen LogP contribution < -0.4 is 5.73 Å². The maximum atomic E-state index is 5.94. The van der Waals surface area contributed by atoms with E-state index in [1.165, 1.54) is 12.0 Å². The van der Waals surface area contributed by atoms with Crippen molar-refractivity contribution in [2.45, 2.75) is 32.9 Å². The van der Waals surface area contributed by atoms with Crippen molar-refractivity contribution in [1.82, 2.24) is 9.80 Å². The van der Waals surface area contributed by atoms with Gasteiger partial charge in [-0.2, -0.15) is 0 Å². The number of morpholine rings is 1. The second-order valence-electron chi connectivity index (χ2n) is 5.86. The molecule has 21 heavy (non-hydrogen) atoms. The first kappa shape index (κ1) is 16.3. The van der Waals surface area contributed by atoms with Gasteiger partial charge in [-0.3, -0.25) is 9.80 Å². The summed E-state index contributed by atoms with van der Waals surface area (Å²) in [5.41, 5.74) is 7.91. The summed E-state index contributed by atoms with van der Waals surface area (Å²) in [6, 6.07) is 8.21. The van der Waals surface area contributed by atoms with Gasteiger partial charge in [0.1, 0.15) is 0 Å². The standard InChI is InChI=1S/C17H29N3O/c1-3-9-20(12-15-5-7-16(18)8-6-15)14-17-13-19(4-2)10-11-21-17/h5-8,17H,3-4,9-14,18H2,1-2H3. The lowest BCUT2D eigenvalue weighted by Crippen LogP contribution is -2.47. The van der Waals surface area contributed by atoms with Crippen LogP contribution >= 0.6 is 0 Å². The highest BCUT2D eigenvalue weighted by Gasteiger charge is 2.21. The molecule has 1 unspecified atom stereocenters. The summed E-state index contributed by atoms with van der Waals surface area (Å²) < 4.78 is 5.94. The van der Waals surface area contributed by atoms with E-state index in [2.05, 4.69) is 35.8 Å². The first-order chi connectivity index (χ1) is 10.2. The molecule has 2 N–H and O–H groups in total. The van der Waals surface area contributed by atoms with E-state index >= 15 is 0 Å². The molecule has 1 fully saturated rings. The largest absolute Gasteiger partial charge is 0.399 e. The summed E-state index contributed by atoms with van der Waals surface area (Å²) in [4.78, 5) is 4.97. The van der Waals surface area contributed by atoms with Crippen molar-refractivity contribution < 1.29 is 4.74 Å². The van der Waals surface area contributed by atoms with Gasteiger partial charge in [0, 0.05) is 31.9 Å². The lowest BCUT2D eigenvalue weighted by atomic mass is 10.1. The molecule has 0 radical (unpaired) electrons. The normalized spacial score (nSPS) is 20.0. The third-order valence-electron chi connectivity index (χ3n) is 4.06. The molecule has 1 saturated heterocycles. The number of benzene rings is 1. The third kappa shape index (κ3) is 5.30. The Kier molecular flexibility index (Phi) is 6.49. The van der Waals surface area contributed by atoms with Gasteiger partial charge in [-0.15, -0.1) is 0 Å². The van der Waals surface area contributed by atoms with Gasteiger partial charge in [0.15, 0.2) is 0 Å². The topological polar surface area (TPSA) is 41.7 Å². The predicted octanol–water partition coefficient (Wildman–Crippen LogP) is 2.20. The molecule has 0 bridgehead atoms. The number of nitrogens with zero attached hydrogens (tertiary/aromatic N) is 2. The highest BCUT2D eigenvalue weighted by Crippen LogP contribution is 2.12. The lowest BCUT2D eigenvalue weighted by Gasteiger charge is -2.35. The molecule has 0 amide bonds. The van der Waals surface area contributed by atoms with E-state index in [-0.39, 0.29) is 0 Å². The van der Waals surface area contributed by atoms with E-state index in [0.717, 1.165) is 51.6 Å². The average molecular weight is 291 g/mol. The summed E-state index contributed by atoms with van der Waals surface area (Å²) in [6.45, 7) is 11.6. The lowest BCUT2D eigenvalue weighted by molar-refractivity contribution is -0.0428. The fourth-order valence-electron chi connectivity index (χ4n) is 2.90. The van der Waals surface area contributed by atoms with Crippen molar-refractivity contribution in [2.24, 2.45) is 0 Å². The number of anilines is 1. The second-order valence-corrected chi connectivity index (χ2v) is 5.86. The maximum Gasteiger partial charge on any atom is 0.0829 e. The first-order valence-corrected chi connectivity index (χ1v) is 8.12. The van der Waals surface area contributed by atoms with Crippen molar-refractivity contribution >= 4 is 5.69 Å². The zero-order valence-electron chi connectivity index (χ0n) is 13.4. The number of nitrogens with two attached hydrogens (primary N) is 1. The highest BCUT2D eigenvalue weighted by atomic mass is 16.5. The van der Waals surface area contributed by atoms with E-state index in [4.69, 9.17) is 10.5 Å². The minimum atomic E-state index is 0.332. The van der Waals surface area contributed by atoms with Crippen LogP contribution in [0.3, 0.4) is 0 Å². The van der Waals surface area contributed by atoms with Crippen LogP contribution in [0.15, 0.2) is 24.3 Å². The molecule has 4 heteroatoms. The molecule has 0 aromatic heterocycles. The van der Waals surface area contributed by atoms with E-state index < -0.39 is 0 Å². The van der Waals surface area contributed by atoms with Crippen molar-refractivity contribution in [3.05, 3.63) is 29.8 Å². The Morgan fingerprint density at radius 2 is 2.05 bits per heavy atom. The van der Waals surface area contributed by atoms with Crippen molar-refractivity contribution in [1.29, 1.82) is 0 Å². The zero-order chi connectivity index (χ0) is 15.1. The summed E-state index contributed by atoms with van der Waals surface area (Å²) in [6.07, 6.45) is 1.50. The van der Waals surface area contributed by atoms with Crippen LogP contribution in [-0.4, -0.2) is 55.2 Å². The Labute approximate surface area is 128 Å². The fourth-order valence-corrected chi connectivity index (χ4v) is 2.90. The summed E-state index contributed by atoms with van der Waals surface area (Å²) >= 11 is 0. The Bertz CT molecular complexity index is 407. The van der Waals surface area contributed by atoms with Gasteiger partial charge < -0.3 is 10.5 Å². The van der Waals surface area contributed by atoms with Gasteiger partial charge in [-0.25, -0.2) is 0 Å². The predicted molar refractivity (Wildman–Crippen MR) is 88.3 cm³/mol. The van der Waals surface area contributed by atoms with Crippen LogP contribution in [0.4, 0.5) is 5.69 Å². The number of likely N-dealkylation sites (N-methyl/N-ethyl adjacent to an activating group) is 1. The molecule has 4 nitrogen and oxygen atoms in total. The van der Waals surface area contributed by atoms with Gasteiger partial charge >= 0.3 is 0 Å². The minimum Gasteiger partial charge on any atom is -0.399 e. The van der Waals surface area contributed by atoms with Crippen molar-refractivity contribution in [3.63, 3.8) is 0 Å². The highest BCUT2D eigenvalue weighted by molar-refractivity contribution is 5.39. The van der Waals surface area contributed by atoms with Gasteiger partial charge in [0.05, 0.1) is 12.7 Å². The van der Waals surface area contributed by atoms with Crippen LogP contribution in [0, 0.1) is 0 Å². The third-order valence-corrected chi connectivity index (χ3v) is 4.06. The average Bonchev–Trinajstić information content (AvgIpc) is 2.50. The molecule has 1 aliphatic rings. The van der Waals surface area contributed by atoms with Crippen LogP contribution in [0.25, 0.3) is 0 Å². The molecule has 1 aromatic rings. The smallest absolute Gasteiger partial charge is 0.0829 e. The quantitative estimate of drug-likeness (QED) is 0.782. The Morgan fingerprint density at radius 1 is 1.29 bits per heavy atom. The summed E-state index contributed by atoms with van der Waals surface area (Å²) in [5, 5.41) is 0. The van der Waals surface area contributed by atoms with Crippen LogP contribution in [-0.2, 0) is 11.3 Å².